The van der Waals surface area contributed by atoms with E-state index in [4.69, 9.17) is 0 Å². The van der Waals surface area contributed by atoms with Crippen LogP contribution >= 0.6 is 15.9 Å². The number of H-pyrrole nitrogens is 1. The number of nitrogens with zero attached hydrogens (tertiary/aromatic N) is 1. The molecule has 0 unspecified atom stereocenters. The van der Waals surface area contributed by atoms with Crippen molar-refractivity contribution in [2.75, 3.05) is 5.32 Å². The Hall–Kier alpha value is -1.88. The molecule has 0 bridgehead atoms. The molecule has 0 fully saturated rings. The molecular weight excluding hydrogens is 297 g/mol. The van der Waals surface area contributed by atoms with E-state index in [-0.39, 0.29) is 5.82 Å². The van der Waals surface area contributed by atoms with Crippen LogP contribution in [0.15, 0.2) is 47.1 Å². The SMILES string of the molecule is Fc1ccc(Nc2cc3[nH]ncc3cc2Br)cc1. The second-order valence-corrected chi connectivity index (χ2v) is 4.78. The quantitative estimate of drug-likeness (QED) is 0.744. The molecule has 18 heavy (non-hydrogen) atoms. The molecule has 0 aliphatic rings. The van der Waals surface area contributed by atoms with Crippen LogP contribution in [0.4, 0.5) is 15.8 Å². The molecular formula is C13H9BrFN3. The maximum atomic E-state index is 12.8. The zero-order valence-electron chi connectivity index (χ0n) is 9.24. The monoisotopic (exact) mass is 305 g/mol. The summed E-state index contributed by atoms with van der Waals surface area (Å²) in [5.74, 6) is -0.247. The number of fused-ring (bicyclic) bond motifs is 1. The lowest BCUT2D eigenvalue weighted by molar-refractivity contribution is 0.628. The molecule has 0 radical (unpaired) electrons. The van der Waals surface area contributed by atoms with E-state index in [9.17, 15) is 4.39 Å². The number of hydrogen-bond acceptors (Lipinski definition) is 2. The van der Waals surface area contributed by atoms with Gasteiger partial charge < -0.3 is 5.32 Å². The summed E-state index contributed by atoms with van der Waals surface area (Å²) in [5.41, 5.74) is 2.68. The van der Waals surface area contributed by atoms with Gasteiger partial charge in [-0.2, -0.15) is 5.10 Å². The highest BCUT2D eigenvalue weighted by Crippen LogP contribution is 2.29. The lowest BCUT2D eigenvalue weighted by Gasteiger charge is -2.08. The molecule has 0 saturated carbocycles. The molecule has 0 amide bonds. The lowest BCUT2D eigenvalue weighted by Crippen LogP contribution is -1.91. The lowest BCUT2D eigenvalue weighted by atomic mass is 10.2. The number of nitrogens with one attached hydrogen (secondary N) is 2. The van der Waals surface area contributed by atoms with Crippen molar-refractivity contribution < 1.29 is 4.39 Å². The first kappa shape index (κ1) is 11.2. The molecule has 0 spiro atoms. The summed E-state index contributed by atoms with van der Waals surface area (Å²) < 4.78 is 13.8. The molecule has 2 N–H and O–H groups in total. The highest BCUT2D eigenvalue weighted by Gasteiger charge is 2.04. The predicted molar refractivity (Wildman–Crippen MR) is 73.5 cm³/mol. The number of aromatic nitrogens is 2. The van der Waals surface area contributed by atoms with Crippen LogP contribution in [0, 0.1) is 5.82 Å². The van der Waals surface area contributed by atoms with Gasteiger partial charge >= 0.3 is 0 Å². The van der Waals surface area contributed by atoms with Gasteiger partial charge in [0.25, 0.3) is 0 Å². The van der Waals surface area contributed by atoms with Crippen LogP contribution < -0.4 is 5.32 Å². The van der Waals surface area contributed by atoms with E-state index in [0.717, 1.165) is 26.8 Å². The molecule has 90 valence electrons. The van der Waals surface area contributed by atoms with Crippen molar-refractivity contribution in [3.8, 4) is 0 Å². The number of benzene rings is 2. The van der Waals surface area contributed by atoms with Crippen molar-refractivity contribution in [1.82, 2.24) is 10.2 Å². The van der Waals surface area contributed by atoms with Crippen LogP contribution in [-0.2, 0) is 0 Å². The van der Waals surface area contributed by atoms with Gasteiger partial charge in [0.05, 0.1) is 17.4 Å². The van der Waals surface area contributed by atoms with Crippen molar-refractivity contribution in [2.45, 2.75) is 0 Å². The van der Waals surface area contributed by atoms with Gasteiger partial charge in [0.2, 0.25) is 0 Å². The average Bonchev–Trinajstić information content (AvgIpc) is 2.79. The van der Waals surface area contributed by atoms with Crippen LogP contribution in [0.25, 0.3) is 10.9 Å². The largest absolute Gasteiger partial charge is 0.355 e. The molecule has 1 heterocycles. The first-order valence-corrected chi connectivity index (χ1v) is 6.17. The number of rotatable bonds is 2. The summed E-state index contributed by atoms with van der Waals surface area (Å²) in [7, 11) is 0. The van der Waals surface area contributed by atoms with Crippen LogP contribution in [0.5, 0.6) is 0 Å². The van der Waals surface area contributed by atoms with E-state index >= 15 is 0 Å². The molecule has 0 aliphatic carbocycles. The summed E-state index contributed by atoms with van der Waals surface area (Å²) in [4.78, 5) is 0. The van der Waals surface area contributed by atoms with E-state index in [1.54, 1.807) is 18.3 Å². The number of hydrogen-bond donors (Lipinski definition) is 2. The van der Waals surface area contributed by atoms with E-state index in [1.165, 1.54) is 12.1 Å². The summed E-state index contributed by atoms with van der Waals surface area (Å²) in [5, 5.41) is 11.1. The second kappa shape index (κ2) is 4.42. The van der Waals surface area contributed by atoms with E-state index in [1.807, 2.05) is 12.1 Å². The summed E-state index contributed by atoms with van der Waals surface area (Å²) in [6.45, 7) is 0. The fraction of sp³-hybridized carbons (Fsp3) is 0. The smallest absolute Gasteiger partial charge is 0.123 e. The Balaban J connectivity index is 1.98. The van der Waals surface area contributed by atoms with Gasteiger partial charge in [0.15, 0.2) is 0 Å². The molecule has 0 saturated heterocycles. The summed E-state index contributed by atoms with van der Waals surface area (Å²) >= 11 is 3.50. The molecule has 1 aromatic heterocycles. The maximum Gasteiger partial charge on any atom is 0.123 e. The summed E-state index contributed by atoms with van der Waals surface area (Å²) in [6, 6.07) is 10.2. The third-order valence-electron chi connectivity index (χ3n) is 2.65. The Bertz CT molecular complexity index is 691. The third-order valence-corrected chi connectivity index (χ3v) is 3.31. The molecule has 5 heteroatoms. The van der Waals surface area contributed by atoms with Gasteiger partial charge in [-0.1, -0.05) is 0 Å². The third kappa shape index (κ3) is 2.09. The van der Waals surface area contributed by atoms with Crippen LogP contribution in [0.1, 0.15) is 0 Å². The Morgan fingerprint density at radius 1 is 1.17 bits per heavy atom. The number of halogens is 2. The van der Waals surface area contributed by atoms with Crippen LogP contribution in [-0.4, -0.2) is 10.2 Å². The maximum absolute atomic E-state index is 12.8. The van der Waals surface area contributed by atoms with E-state index < -0.39 is 0 Å². The van der Waals surface area contributed by atoms with E-state index in [2.05, 4.69) is 31.4 Å². The molecule has 2 aromatic carbocycles. The zero-order valence-corrected chi connectivity index (χ0v) is 10.8. The second-order valence-electron chi connectivity index (χ2n) is 3.92. The highest BCUT2D eigenvalue weighted by atomic mass is 79.9. The molecule has 3 nitrogen and oxygen atoms in total. The van der Waals surface area contributed by atoms with Gasteiger partial charge in [0.1, 0.15) is 5.82 Å². The van der Waals surface area contributed by atoms with Crippen LogP contribution in [0.2, 0.25) is 0 Å². The first-order chi connectivity index (χ1) is 8.72. The molecule has 0 aliphatic heterocycles. The fourth-order valence-electron chi connectivity index (χ4n) is 1.75. The minimum Gasteiger partial charge on any atom is -0.355 e. The van der Waals surface area contributed by atoms with Crippen LogP contribution in [0.3, 0.4) is 0 Å². The highest BCUT2D eigenvalue weighted by molar-refractivity contribution is 9.10. The van der Waals surface area contributed by atoms with E-state index in [0.29, 0.717) is 0 Å². The molecule has 3 rings (SSSR count). The zero-order chi connectivity index (χ0) is 12.5. The average molecular weight is 306 g/mol. The number of anilines is 2. The Morgan fingerprint density at radius 3 is 2.72 bits per heavy atom. The van der Waals surface area contributed by atoms with Gasteiger partial charge in [-0.25, -0.2) is 4.39 Å². The van der Waals surface area contributed by atoms with Crippen molar-refractivity contribution in [1.29, 1.82) is 0 Å². The van der Waals surface area contributed by atoms with Gasteiger partial charge in [-0.15, -0.1) is 0 Å². The minimum atomic E-state index is -0.247. The van der Waals surface area contributed by atoms with Gasteiger partial charge in [-0.3, -0.25) is 5.10 Å². The van der Waals surface area contributed by atoms with Crippen molar-refractivity contribution in [2.24, 2.45) is 0 Å². The molecule has 3 aromatic rings. The van der Waals surface area contributed by atoms with Gasteiger partial charge in [-0.05, 0) is 52.3 Å². The normalized spacial score (nSPS) is 10.8. The fourth-order valence-corrected chi connectivity index (χ4v) is 2.21. The minimum absolute atomic E-state index is 0.247. The number of aromatic amines is 1. The Kier molecular flexibility index (Phi) is 2.76. The Morgan fingerprint density at radius 2 is 1.94 bits per heavy atom. The van der Waals surface area contributed by atoms with Crippen molar-refractivity contribution >= 4 is 38.2 Å². The standard InChI is InChI=1S/C13H9BrFN3/c14-11-5-8-7-16-18-12(8)6-13(11)17-10-3-1-9(15)2-4-10/h1-7,17H,(H,16,18). The molecule has 0 atom stereocenters. The Labute approximate surface area is 111 Å². The summed E-state index contributed by atoms with van der Waals surface area (Å²) in [6.07, 6.45) is 1.77. The predicted octanol–water partition coefficient (Wildman–Crippen LogP) is 4.21. The topological polar surface area (TPSA) is 40.7 Å². The van der Waals surface area contributed by atoms with Crippen molar-refractivity contribution in [3.05, 3.63) is 52.9 Å². The van der Waals surface area contributed by atoms with Gasteiger partial charge in [0, 0.05) is 15.5 Å². The van der Waals surface area contributed by atoms with Crippen molar-refractivity contribution in [3.63, 3.8) is 0 Å². The first-order valence-electron chi connectivity index (χ1n) is 5.37.